The number of hydrogen-bond acceptors (Lipinski definition) is 0. The Kier molecular flexibility index (Phi) is 6.78. The molecular weight excluding hydrogens is 280 g/mol. The minimum absolute atomic E-state index is 0.255. The lowest BCUT2D eigenvalue weighted by molar-refractivity contribution is 0.852. The van der Waals surface area contributed by atoms with Crippen LogP contribution >= 0.6 is 15.3 Å². The highest BCUT2D eigenvalue weighted by molar-refractivity contribution is 9.26. The van der Waals surface area contributed by atoms with Gasteiger partial charge < -0.3 is 0 Å². The predicted octanol–water partition coefficient (Wildman–Crippen LogP) is 5.17. The van der Waals surface area contributed by atoms with Crippen molar-refractivity contribution in [3.8, 4) is 0 Å². The summed E-state index contributed by atoms with van der Waals surface area (Å²) in [5, 5.41) is 0. The van der Waals surface area contributed by atoms with Gasteiger partial charge in [-0.2, -0.15) is 0 Å². The summed E-state index contributed by atoms with van der Waals surface area (Å²) in [6, 6.07) is 9.77. The molecule has 1 saturated heterocycles. The van der Waals surface area contributed by atoms with Gasteiger partial charge in [-0.1, -0.05) is 69.8 Å². The van der Waals surface area contributed by atoms with Gasteiger partial charge in [-0.25, -0.2) is 0 Å². The molecule has 0 unspecified atom stereocenters. The molecule has 90 valence electrons. The fourth-order valence-corrected chi connectivity index (χ4v) is 18.7. The Morgan fingerprint density at radius 3 is 2.20 bits per heavy atom. The third-order valence-electron chi connectivity index (χ3n) is 3.95. The summed E-state index contributed by atoms with van der Waals surface area (Å²) >= 11 is 4.15. The molecule has 0 aliphatic carbocycles. The van der Waals surface area contributed by atoms with Crippen LogP contribution in [0.5, 0.6) is 0 Å². The van der Waals surface area contributed by atoms with E-state index in [0.717, 1.165) is 0 Å². The van der Waals surface area contributed by atoms with E-state index in [1.165, 1.54) is 25.7 Å². The zero-order chi connectivity index (χ0) is 11.1. The van der Waals surface area contributed by atoms with Crippen molar-refractivity contribution in [1.29, 1.82) is 0 Å². The van der Waals surface area contributed by atoms with E-state index in [1.807, 2.05) is 0 Å². The van der Waals surface area contributed by atoms with Gasteiger partial charge in [-0.15, -0.1) is 15.3 Å². The minimum atomic E-state index is -0.891. The van der Waals surface area contributed by atoms with Crippen LogP contribution in [0, 0.1) is 0 Å². The second-order valence-corrected chi connectivity index (χ2v) is 17.7. The second-order valence-electron chi connectivity index (χ2n) is 5.34. The molecule has 1 heterocycles. The molecule has 1 aliphatic rings. The lowest BCUT2D eigenvalue weighted by Gasteiger charge is -2.33. The molecule has 0 nitrogen and oxygen atoms in total. The maximum absolute atomic E-state index is 4.15. The topological polar surface area (TPSA) is 0 Å². The van der Waals surface area contributed by atoms with Crippen LogP contribution in [0.4, 0.5) is 0 Å². The van der Waals surface area contributed by atoms with Gasteiger partial charge in [-0.05, 0) is 6.04 Å². The number of rotatable bonds is 6. The predicted molar refractivity (Wildman–Crippen MR) is 80.5 cm³/mol. The molecule has 0 aromatic carbocycles. The zero-order valence-corrected chi connectivity index (χ0v) is 14.3. The standard InChI is InChI=1S/C12H27BrSi2/c1-3-5-7-14-8-11-15(13,12-9-14)10-6-4-2/h14H,3-12H2,1-2H3. The Hall–Kier alpha value is 0.914. The summed E-state index contributed by atoms with van der Waals surface area (Å²) in [6.07, 6.45) is 5.79. The molecule has 0 atom stereocenters. The first-order valence-corrected chi connectivity index (χ1v) is 14.2. The fourth-order valence-electron chi connectivity index (χ4n) is 2.72. The Balaban J connectivity index is 2.21. The van der Waals surface area contributed by atoms with Gasteiger partial charge in [0.1, 0.15) is 6.69 Å². The van der Waals surface area contributed by atoms with Crippen LogP contribution in [0.25, 0.3) is 0 Å². The molecule has 0 radical (unpaired) electrons. The summed E-state index contributed by atoms with van der Waals surface area (Å²) in [4.78, 5) is 0. The van der Waals surface area contributed by atoms with E-state index >= 15 is 0 Å². The molecule has 0 aromatic rings. The monoisotopic (exact) mass is 306 g/mol. The molecule has 1 fully saturated rings. The van der Waals surface area contributed by atoms with Crippen molar-refractivity contribution in [3.63, 3.8) is 0 Å². The Labute approximate surface area is 106 Å². The first-order valence-electron chi connectivity index (χ1n) is 6.89. The van der Waals surface area contributed by atoms with Crippen molar-refractivity contribution < 1.29 is 0 Å². The fraction of sp³-hybridized carbons (Fsp3) is 1.00. The van der Waals surface area contributed by atoms with Gasteiger partial charge in [-0.3, -0.25) is 0 Å². The maximum atomic E-state index is 4.15. The number of unbranched alkanes of at least 4 members (excludes halogenated alkanes) is 2. The molecule has 3 heteroatoms. The molecule has 0 saturated carbocycles. The summed E-state index contributed by atoms with van der Waals surface area (Å²) in [6.45, 7) is 3.77. The lowest BCUT2D eigenvalue weighted by atomic mass is 10.4. The van der Waals surface area contributed by atoms with Crippen molar-refractivity contribution in [1.82, 2.24) is 0 Å². The number of halogens is 1. The average molecular weight is 307 g/mol. The van der Waals surface area contributed by atoms with Crippen LogP contribution in [0.1, 0.15) is 39.5 Å². The molecule has 0 amide bonds. The smallest absolute Gasteiger partial charge is 0.126 e. The molecule has 1 aliphatic heterocycles. The Morgan fingerprint density at radius 1 is 1.07 bits per heavy atom. The van der Waals surface area contributed by atoms with Crippen LogP contribution in [0.3, 0.4) is 0 Å². The van der Waals surface area contributed by atoms with Gasteiger partial charge in [0.05, 0.1) is 0 Å². The summed E-state index contributed by atoms with van der Waals surface area (Å²) in [7, 11) is -0.255. The summed E-state index contributed by atoms with van der Waals surface area (Å²) < 4.78 is 0. The first kappa shape index (κ1) is 14.0. The summed E-state index contributed by atoms with van der Waals surface area (Å²) in [5.74, 6) is 0. The third kappa shape index (κ3) is 5.18. The first-order chi connectivity index (χ1) is 7.20. The van der Waals surface area contributed by atoms with E-state index in [0.29, 0.717) is 0 Å². The van der Waals surface area contributed by atoms with Crippen molar-refractivity contribution in [2.45, 2.75) is 75.8 Å². The highest BCUT2D eigenvalue weighted by Gasteiger charge is 2.34. The van der Waals surface area contributed by atoms with E-state index < -0.39 is 6.69 Å². The van der Waals surface area contributed by atoms with E-state index in [1.54, 1.807) is 36.3 Å². The van der Waals surface area contributed by atoms with Crippen LogP contribution in [-0.4, -0.2) is 15.5 Å². The average Bonchev–Trinajstić information content (AvgIpc) is 2.26. The molecule has 0 N–H and O–H groups in total. The van der Waals surface area contributed by atoms with Crippen LogP contribution in [0.2, 0.25) is 36.3 Å². The van der Waals surface area contributed by atoms with Crippen molar-refractivity contribution in [2.75, 3.05) is 0 Å². The number of hydrogen-bond donors (Lipinski definition) is 0. The van der Waals surface area contributed by atoms with E-state index in [-0.39, 0.29) is 8.80 Å². The van der Waals surface area contributed by atoms with Gasteiger partial charge >= 0.3 is 0 Å². The van der Waals surface area contributed by atoms with Crippen LogP contribution in [-0.2, 0) is 0 Å². The van der Waals surface area contributed by atoms with Gasteiger partial charge in [0, 0.05) is 8.80 Å². The van der Waals surface area contributed by atoms with Gasteiger partial charge in [0.15, 0.2) is 0 Å². The SMILES string of the molecule is CCCC[SiH]1CC[Si](Br)(CCCC)CC1. The normalized spacial score (nSPS) is 31.8. The quantitative estimate of drug-likeness (QED) is 0.469. The van der Waals surface area contributed by atoms with Gasteiger partial charge in [0.25, 0.3) is 0 Å². The zero-order valence-electron chi connectivity index (χ0n) is 10.5. The minimum Gasteiger partial charge on any atom is -0.126 e. The largest absolute Gasteiger partial charge is 0.129 e. The Bertz CT molecular complexity index is 165. The van der Waals surface area contributed by atoms with Gasteiger partial charge in [0.2, 0.25) is 0 Å². The molecule has 15 heavy (non-hydrogen) atoms. The van der Waals surface area contributed by atoms with Crippen LogP contribution in [0.15, 0.2) is 0 Å². The molecule has 1 rings (SSSR count). The second kappa shape index (κ2) is 7.28. The van der Waals surface area contributed by atoms with Crippen molar-refractivity contribution in [3.05, 3.63) is 0 Å². The highest BCUT2D eigenvalue weighted by Crippen LogP contribution is 2.39. The van der Waals surface area contributed by atoms with E-state index in [9.17, 15) is 0 Å². The summed E-state index contributed by atoms with van der Waals surface area (Å²) in [5.41, 5.74) is 0. The maximum Gasteiger partial charge on any atom is 0.129 e. The molecule has 0 spiro atoms. The lowest BCUT2D eigenvalue weighted by Crippen LogP contribution is -2.34. The van der Waals surface area contributed by atoms with E-state index in [4.69, 9.17) is 0 Å². The van der Waals surface area contributed by atoms with E-state index in [2.05, 4.69) is 29.1 Å². The van der Waals surface area contributed by atoms with Crippen molar-refractivity contribution in [2.24, 2.45) is 0 Å². The molecule has 0 aromatic heterocycles. The molecule has 0 bridgehead atoms. The highest BCUT2D eigenvalue weighted by atomic mass is 79.9. The Morgan fingerprint density at radius 2 is 1.67 bits per heavy atom. The third-order valence-corrected chi connectivity index (χ3v) is 15.7. The van der Waals surface area contributed by atoms with Crippen LogP contribution < -0.4 is 0 Å². The molecular formula is C12H27BrSi2. The van der Waals surface area contributed by atoms with Crippen molar-refractivity contribution >= 4 is 30.8 Å².